The summed E-state index contributed by atoms with van der Waals surface area (Å²) in [6.45, 7) is 1.99. The molecule has 0 atom stereocenters. The molecule has 3 rings (SSSR count). The lowest BCUT2D eigenvalue weighted by molar-refractivity contribution is -0.119. The van der Waals surface area contributed by atoms with Crippen LogP contribution in [0.1, 0.15) is 24.8 Å². The largest absolute Gasteiger partial charge is 0.317 e. The van der Waals surface area contributed by atoms with E-state index in [1.54, 1.807) is 0 Å². The Hall–Kier alpha value is -1.06. The van der Waals surface area contributed by atoms with Gasteiger partial charge >= 0.3 is 0 Å². The van der Waals surface area contributed by atoms with E-state index in [1.165, 1.54) is 5.56 Å². The van der Waals surface area contributed by atoms with E-state index in [-0.39, 0.29) is 5.91 Å². The monoisotopic (exact) mass is 264 g/mol. The third-order valence-corrected chi connectivity index (χ3v) is 4.09. The zero-order chi connectivity index (χ0) is 12.5. The number of benzene rings is 1. The molecule has 2 heterocycles. The number of carbonyl (C=O) groups is 1. The van der Waals surface area contributed by atoms with Crippen molar-refractivity contribution in [2.24, 2.45) is 0 Å². The van der Waals surface area contributed by atoms with E-state index in [2.05, 4.69) is 5.32 Å². The van der Waals surface area contributed by atoms with Crippen LogP contribution < -0.4 is 10.2 Å². The third kappa shape index (κ3) is 2.13. The number of halogens is 1. The van der Waals surface area contributed by atoms with Crippen molar-refractivity contribution in [2.75, 3.05) is 18.0 Å². The Morgan fingerprint density at radius 2 is 2.00 bits per heavy atom. The van der Waals surface area contributed by atoms with Crippen molar-refractivity contribution in [2.45, 2.75) is 31.7 Å². The number of hydrogen-bond donors (Lipinski definition) is 1. The lowest BCUT2D eigenvalue weighted by Crippen LogP contribution is -2.48. The van der Waals surface area contributed by atoms with Crippen LogP contribution in [0.4, 0.5) is 5.69 Å². The number of carbonyl (C=O) groups excluding carboxylic acids is 1. The zero-order valence-corrected chi connectivity index (χ0v) is 11.0. The molecule has 0 spiro atoms. The number of fused-ring (bicyclic) bond motifs is 1. The van der Waals surface area contributed by atoms with Crippen molar-refractivity contribution in [3.05, 3.63) is 28.8 Å². The number of anilines is 1. The lowest BCUT2D eigenvalue weighted by Gasteiger charge is -2.38. The van der Waals surface area contributed by atoms with Crippen LogP contribution in [0.15, 0.2) is 18.2 Å². The fourth-order valence-corrected chi connectivity index (χ4v) is 3.15. The molecule has 0 aromatic heterocycles. The molecule has 18 heavy (non-hydrogen) atoms. The molecule has 0 saturated carbocycles. The van der Waals surface area contributed by atoms with Crippen LogP contribution in [0.2, 0.25) is 5.02 Å². The van der Waals surface area contributed by atoms with Gasteiger partial charge < -0.3 is 10.2 Å². The van der Waals surface area contributed by atoms with Gasteiger partial charge in [0.2, 0.25) is 5.91 Å². The Morgan fingerprint density at radius 3 is 2.78 bits per heavy atom. The number of piperidine rings is 1. The second-order valence-electron chi connectivity index (χ2n) is 5.02. The summed E-state index contributed by atoms with van der Waals surface area (Å²) in [6.07, 6.45) is 3.50. The maximum atomic E-state index is 12.2. The number of hydrogen-bond acceptors (Lipinski definition) is 2. The van der Waals surface area contributed by atoms with Gasteiger partial charge in [-0.3, -0.25) is 4.79 Å². The molecule has 0 unspecified atom stereocenters. The maximum absolute atomic E-state index is 12.2. The third-order valence-electron chi connectivity index (χ3n) is 3.85. The van der Waals surface area contributed by atoms with Gasteiger partial charge in [-0.1, -0.05) is 11.6 Å². The summed E-state index contributed by atoms with van der Waals surface area (Å²) in [7, 11) is 0. The topological polar surface area (TPSA) is 32.3 Å². The van der Waals surface area contributed by atoms with Gasteiger partial charge in [0.25, 0.3) is 0 Å². The van der Waals surface area contributed by atoms with E-state index < -0.39 is 0 Å². The predicted molar refractivity (Wildman–Crippen MR) is 73.2 cm³/mol. The van der Waals surface area contributed by atoms with Crippen LogP contribution in [-0.4, -0.2) is 25.0 Å². The van der Waals surface area contributed by atoms with E-state index >= 15 is 0 Å². The van der Waals surface area contributed by atoms with Crippen molar-refractivity contribution in [3.8, 4) is 0 Å². The fraction of sp³-hybridized carbons (Fsp3) is 0.500. The average Bonchev–Trinajstić information content (AvgIpc) is 2.40. The average molecular weight is 265 g/mol. The van der Waals surface area contributed by atoms with Gasteiger partial charge in [0.05, 0.1) is 0 Å². The second kappa shape index (κ2) is 4.90. The quantitative estimate of drug-likeness (QED) is 0.845. The number of nitrogens with one attached hydrogen (secondary N) is 1. The SMILES string of the molecule is O=C1CCc2cc(Cl)ccc2N1C1CCNCC1. The summed E-state index contributed by atoms with van der Waals surface area (Å²) in [4.78, 5) is 14.2. The minimum absolute atomic E-state index is 0.261. The van der Waals surface area contributed by atoms with Crippen LogP contribution in [0.3, 0.4) is 0 Å². The van der Waals surface area contributed by atoms with Gasteiger partial charge in [-0.05, 0) is 56.1 Å². The van der Waals surface area contributed by atoms with Crippen molar-refractivity contribution >= 4 is 23.2 Å². The molecule has 0 bridgehead atoms. The molecule has 1 N–H and O–H groups in total. The highest BCUT2D eigenvalue weighted by Gasteiger charge is 2.31. The fourth-order valence-electron chi connectivity index (χ4n) is 2.95. The van der Waals surface area contributed by atoms with Gasteiger partial charge in [0.1, 0.15) is 0 Å². The van der Waals surface area contributed by atoms with Crippen LogP contribution in [-0.2, 0) is 11.2 Å². The maximum Gasteiger partial charge on any atom is 0.227 e. The summed E-state index contributed by atoms with van der Waals surface area (Å²) in [6, 6.07) is 6.22. The van der Waals surface area contributed by atoms with Crippen LogP contribution in [0, 0.1) is 0 Å². The number of aryl methyl sites for hydroxylation is 1. The van der Waals surface area contributed by atoms with Crippen molar-refractivity contribution in [3.63, 3.8) is 0 Å². The Labute approximate surface area is 112 Å². The molecule has 1 aromatic carbocycles. The standard InChI is InChI=1S/C14H17ClN2O/c15-11-2-3-13-10(9-11)1-4-14(18)17(13)12-5-7-16-8-6-12/h2-3,9,12,16H,1,4-8H2. The molecule has 2 aliphatic rings. The molecule has 1 saturated heterocycles. The molecule has 1 aromatic rings. The summed E-state index contributed by atoms with van der Waals surface area (Å²) in [5, 5.41) is 4.10. The Bertz CT molecular complexity index is 469. The van der Waals surface area contributed by atoms with E-state index in [1.807, 2.05) is 23.1 Å². The van der Waals surface area contributed by atoms with E-state index in [4.69, 9.17) is 11.6 Å². The molecule has 2 aliphatic heterocycles. The smallest absolute Gasteiger partial charge is 0.227 e. The van der Waals surface area contributed by atoms with Gasteiger partial charge in [0.15, 0.2) is 0 Å². The summed E-state index contributed by atoms with van der Waals surface area (Å²) >= 11 is 6.03. The number of rotatable bonds is 1. The lowest BCUT2D eigenvalue weighted by atomic mass is 9.96. The summed E-state index contributed by atoms with van der Waals surface area (Å²) < 4.78 is 0. The van der Waals surface area contributed by atoms with Crippen LogP contribution >= 0.6 is 11.6 Å². The normalized spacial score (nSPS) is 20.9. The molecule has 0 aliphatic carbocycles. The summed E-state index contributed by atoms with van der Waals surface area (Å²) in [5.41, 5.74) is 2.28. The molecule has 4 heteroatoms. The highest BCUT2D eigenvalue weighted by atomic mass is 35.5. The first kappa shape index (κ1) is 12.0. The molecule has 96 valence electrons. The summed E-state index contributed by atoms with van der Waals surface area (Å²) in [5.74, 6) is 0.261. The van der Waals surface area contributed by atoms with Crippen molar-refractivity contribution < 1.29 is 4.79 Å². The minimum Gasteiger partial charge on any atom is -0.317 e. The van der Waals surface area contributed by atoms with Gasteiger partial charge in [-0.25, -0.2) is 0 Å². The number of nitrogens with zero attached hydrogens (tertiary/aromatic N) is 1. The Balaban J connectivity index is 1.95. The van der Waals surface area contributed by atoms with E-state index in [9.17, 15) is 4.79 Å². The molecular weight excluding hydrogens is 248 g/mol. The molecule has 1 amide bonds. The van der Waals surface area contributed by atoms with E-state index in [0.717, 1.165) is 43.1 Å². The minimum atomic E-state index is 0.261. The van der Waals surface area contributed by atoms with Crippen molar-refractivity contribution in [1.82, 2.24) is 5.32 Å². The van der Waals surface area contributed by atoms with Crippen molar-refractivity contribution in [1.29, 1.82) is 0 Å². The first-order chi connectivity index (χ1) is 8.75. The zero-order valence-electron chi connectivity index (χ0n) is 10.3. The van der Waals surface area contributed by atoms with Crippen LogP contribution in [0.5, 0.6) is 0 Å². The van der Waals surface area contributed by atoms with Gasteiger partial charge in [-0.2, -0.15) is 0 Å². The molecule has 3 nitrogen and oxygen atoms in total. The van der Waals surface area contributed by atoms with Gasteiger partial charge in [-0.15, -0.1) is 0 Å². The first-order valence-electron chi connectivity index (χ1n) is 6.57. The number of amides is 1. The van der Waals surface area contributed by atoms with Crippen LogP contribution in [0.25, 0.3) is 0 Å². The first-order valence-corrected chi connectivity index (χ1v) is 6.95. The predicted octanol–water partition coefficient (Wildman–Crippen LogP) is 2.37. The Kier molecular flexibility index (Phi) is 3.27. The highest BCUT2D eigenvalue weighted by molar-refractivity contribution is 6.30. The molecule has 1 fully saturated rings. The highest BCUT2D eigenvalue weighted by Crippen LogP contribution is 2.33. The molecular formula is C14H17ClN2O. The molecule has 0 radical (unpaired) electrons. The van der Waals surface area contributed by atoms with Gasteiger partial charge in [0, 0.05) is 23.2 Å². The second-order valence-corrected chi connectivity index (χ2v) is 5.45. The Morgan fingerprint density at radius 1 is 1.22 bits per heavy atom. The van der Waals surface area contributed by atoms with E-state index in [0.29, 0.717) is 12.5 Å².